The fourth-order valence-electron chi connectivity index (χ4n) is 3.10. The number of esters is 2. The fraction of sp³-hybridized carbons (Fsp3) is 0.481. The van der Waals surface area contributed by atoms with Crippen molar-refractivity contribution in [2.24, 2.45) is 0 Å². The van der Waals surface area contributed by atoms with Gasteiger partial charge in [0.25, 0.3) is 0 Å². The molecule has 0 radical (unpaired) electrons. The normalized spacial score (nSPS) is 12.0. The Bertz CT molecular complexity index is 794. The second kappa shape index (κ2) is 10.1. The third kappa shape index (κ3) is 7.23. The molecular formula is C27H36O4. The molecule has 0 saturated heterocycles. The van der Waals surface area contributed by atoms with E-state index in [1.54, 1.807) is 24.3 Å². The van der Waals surface area contributed by atoms with Crippen LogP contribution in [0.1, 0.15) is 99.6 Å². The summed E-state index contributed by atoms with van der Waals surface area (Å²) in [5, 5.41) is 0. The highest BCUT2D eigenvalue weighted by Gasteiger charge is 2.22. The predicted octanol–water partition coefficient (Wildman–Crippen LogP) is 6.81. The van der Waals surface area contributed by atoms with Gasteiger partial charge in [0.15, 0.2) is 0 Å². The minimum atomic E-state index is -0.912. The van der Waals surface area contributed by atoms with Crippen molar-refractivity contribution in [1.29, 1.82) is 0 Å². The zero-order valence-corrected chi connectivity index (χ0v) is 20.0. The van der Waals surface area contributed by atoms with E-state index in [-0.39, 0.29) is 10.8 Å². The van der Waals surface area contributed by atoms with Gasteiger partial charge in [-0.05, 0) is 52.6 Å². The van der Waals surface area contributed by atoms with Crippen LogP contribution in [0, 0.1) is 0 Å². The fourth-order valence-corrected chi connectivity index (χ4v) is 3.10. The van der Waals surface area contributed by atoms with Gasteiger partial charge in [0.1, 0.15) is 0 Å². The number of rotatable bonds is 7. The third-order valence-corrected chi connectivity index (χ3v) is 5.24. The van der Waals surface area contributed by atoms with E-state index in [0.717, 1.165) is 24.0 Å². The molecule has 4 heteroatoms. The highest BCUT2D eigenvalue weighted by molar-refractivity contribution is 5.91. The summed E-state index contributed by atoms with van der Waals surface area (Å²) in [6, 6.07) is 14.8. The van der Waals surface area contributed by atoms with Gasteiger partial charge in [-0.3, -0.25) is 0 Å². The van der Waals surface area contributed by atoms with E-state index in [2.05, 4.69) is 41.5 Å². The standard InChI is InChI=1S/C27H36O4/c1-8-9-10-23(30-24(28)19-11-15-21(16-12-19)26(2,3)4)31-25(29)20-13-17-22(18-14-20)27(5,6)7/h11-18,23H,8-10H2,1-7H3. The largest absolute Gasteiger partial charge is 0.422 e. The molecule has 2 rings (SSSR count). The summed E-state index contributed by atoms with van der Waals surface area (Å²) < 4.78 is 11.1. The van der Waals surface area contributed by atoms with Crippen LogP contribution in [0.25, 0.3) is 0 Å². The van der Waals surface area contributed by atoms with E-state index < -0.39 is 18.2 Å². The molecule has 31 heavy (non-hydrogen) atoms. The maximum absolute atomic E-state index is 12.6. The van der Waals surface area contributed by atoms with Gasteiger partial charge in [0.2, 0.25) is 6.29 Å². The number of ether oxygens (including phenoxy) is 2. The summed E-state index contributed by atoms with van der Waals surface area (Å²) in [6.45, 7) is 14.8. The topological polar surface area (TPSA) is 52.6 Å². The Kier molecular flexibility index (Phi) is 8.05. The molecule has 0 aliphatic carbocycles. The molecule has 2 aromatic carbocycles. The van der Waals surface area contributed by atoms with Gasteiger partial charge in [-0.1, -0.05) is 79.2 Å². The average molecular weight is 425 g/mol. The molecule has 4 nitrogen and oxygen atoms in total. The van der Waals surface area contributed by atoms with Crippen molar-refractivity contribution in [3.05, 3.63) is 70.8 Å². The molecule has 0 heterocycles. The smallest absolute Gasteiger partial charge is 0.341 e. The van der Waals surface area contributed by atoms with Crippen LogP contribution in [-0.4, -0.2) is 18.2 Å². The number of benzene rings is 2. The summed E-state index contributed by atoms with van der Waals surface area (Å²) >= 11 is 0. The van der Waals surface area contributed by atoms with Crippen LogP contribution in [0.2, 0.25) is 0 Å². The van der Waals surface area contributed by atoms with Crippen LogP contribution in [0.3, 0.4) is 0 Å². The molecule has 2 aromatic rings. The first kappa shape index (κ1) is 24.6. The highest BCUT2D eigenvalue weighted by Crippen LogP contribution is 2.24. The Morgan fingerprint density at radius 1 is 0.710 bits per heavy atom. The Morgan fingerprint density at radius 3 is 1.35 bits per heavy atom. The van der Waals surface area contributed by atoms with Crippen molar-refractivity contribution in [3.63, 3.8) is 0 Å². The molecule has 0 bridgehead atoms. The van der Waals surface area contributed by atoms with E-state index >= 15 is 0 Å². The Labute approximate surface area is 187 Å². The first-order valence-electron chi connectivity index (χ1n) is 11.0. The molecular weight excluding hydrogens is 388 g/mol. The Morgan fingerprint density at radius 2 is 1.06 bits per heavy atom. The minimum absolute atomic E-state index is 0.00413. The molecule has 0 atom stereocenters. The Balaban J connectivity index is 2.08. The molecule has 0 saturated carbocycles. The van der Waals surface area contributed by atoms with Gasteiger partial charge in [0, 0.05) is 6.42 Å². The van der Waals surface area contributed by atoms with Crippen LogP contribution < -0.4 is 0 Å². The number of carbonyl (C=O) groups is 2. The van der Waals surface area contributed by atoms with Crippen molar-refractivity contribution >= 4 is 11.9 Å². The molecule has 0 amide bonds. The van der Waals surface area contributed by atoms with E-state index in [0.29, 0.717) is 17.5 Å². The number of hydrogen-bond acceptors (Lipinski definition) is 4. The predicted molar refractivity (Wildman–Crippen MR) is 124 cm³/mol. The summed E-state index contributed by atoms with van der Waals surface area (Å²) in [4.78, 5) is 25.3. The zero-order chi connectivity index (χ0) is 23.2. The second-order valence-corrected chi connectivity index (χ2v) is 10.0. The van der Waals surface area contributed by atoms with Crippen LogP contribution in [0.4, 0.5) is 0 Å². The van der Waals surface area contributed by atoms with Crippen molar-refractivity contribution in [2.45, 2.75) is 84.8 Å². The number of unbranched alkanes of at least 4 members (excludes halogenated alkanes) is 1. The molecule has 0 aliphatic heterocycles. The van der Waals surface area contributed by atoms with E-state index in [1.807, 2.05) is 31.2 Å². The van der Waals surface area contributed by atoms with Gasteiger partial charge in [-0.15, -0.1) is 0 Å². The first-order valence-corrected chi connectivity index (χ1v) is 11.0. The van der Waals surface area contributed by atoms with Crippen molar-refractivity contribution in [3.8, 4) is 0 Å². The monoisotopic (exact) mass is 424 g/mol. The lowest BCUT2D eigenvalue weighted by atomic mass is 9.87. The molecule has 0 spiro atoms. The Hall–Kier alpha value is -2.62. The van der Waals surface area contributed by atoms with Gasteiger partial charge in [0.05, 0.1) is 11.1 Å². The molecule has 0 aromatic heterocycles. The van der Waals surface area contributed by atoms with Crippen LogP contribution in [-0.2, 0) is 20.3 Å². The SMILES string of the molecule is CCCCC(OC(=O)c1ccc(C(C)(C)C)cc1)OC(=O)c1ccc(C(C)(C)C)cc1. The second-order valence-electron chi connectivity index (χ2n) is 10.0. The molecule has 0 fully saturated rings. The lowest BCUT2D eigenvalue weighted by Gasteiger charge is -2.21. The van der Waals surface area contributed by atoms with Crippen LogP contribution >= 0.6 is 0 Å². The quantitative estimate of drug-likeness (QED) is 0.362. The minimum Gasteiger partial charge on any atom is -0.422 e. The molecule has 0 aliphatic rings. The molecule has 0 N–H and O–H groups in total. The summed E-state index contributed by atoms with van der Waals surface area (Å²) in [7, 11) is 0. The molecule has 168 valence electrons. The summed E-state index contributed by atoms with van der Waals surface area (Å²) in [6.07, 6.45) is 1.25. The van der Waals surface area contributed by atoms with E-state index in [1.165, 1.54) is 0 Å². The van der Waals surface area contributed by atoms with E-state index in [4.69, 9.17) is 9.47 Å². The third-order valence-electron chi connectivity index (χ3n) is 5.24. The van der Waals surface area contributed by atoms with Gasteiger partial charge in [-0.25, -0.2) is 9.59 Å². The van der Waals surface area contributed by atoms with Gasteiger partial charge >= 0.3 is 11.9 Å². The van der Waals surface area contributed by atoms with Gasteiger partial charge < -0.3 is 9.47 Å². The van der Waals surface area contributed by atoms with Crippen LogP contribution in [0.5, 0.6) is 0 Å². The highest BCUT2D eigenvalue weighted by atomic mass is 16.7. The lowest BCUT2D eigenvalue weighted by Crippen LogP contribution is -2.25. The summed E-state index contributed by atoms with van der Waals surface area (Å²) in [5.74, 6) is -0.977. The zero-order valence-electron chi connectivity index (χ0n) is 20.0. The van der Waals surface area contributed by atoms with Crippen LogP contribution in [0.15, 0.2) is 48.5 Å². The van der Waals surface area contributed by atoms with Gasteiger partial charge in [-0.2, -0.15) is 0 Å². The lowest BCUT2D eigenvalue weighted by molar-refractivity contribution is -0.0836. The van der Waals surface area contributed by atoms with Crippen molar-refractivity contribution in [1.82, 2.24) is 0 Å². The number of carbonyl (C=O) groups excluding carboxylic acids is 2. The number of hydrogen-bond donors (Lipinski definition) is 0. The molecule has 0 unspecified atom stereocenters. The first-order chi connectivity index (χ1) is 14.4. The maximum Gasteiger partial charge on any atom is 0.341 e. The van der Waals surface area contributed by atoms with Crippen molar-refractivity contribution in [2.75, 3.05) is 0 Å². The van der Waals surface area contributed by atoms with Crippen molar-refractivity contribution < 1.29 is 19.1 Å². The maximum atomic E-state index is 12.6. The van der Waals surface area contributed by atoms with E-state index in [9.17, 15) is 9.59 Å². The average Bonchev–Trinajstić information content (AvgIpc) is 2.70. The summed E-state index contributed by atoms with van der Waals surface area (Å²) in [5.41, 5.74) is 3.17.